The molecule has 14 nitrogen and oxygen atoms in total. The number of nitrogens with one attached hydrogen (secondary N) is 3. The summed E-state index contributed by atoms with van der Waals surface area (Å²) < 4.78 is 9.70. The molecule has 2 rings (SSSR count). The van der Waals surface area contributed by atoms with Crippen molar-refractivity contribution < 1.29 is 43.0 Å². The van der Waals surface area contributed by atoms with E-state index in [0.29, 0.717) is 24.1 Å². The first-order valence-electron chi connectivity index (χ1n) is 15.3. The Morgan fingerprint density at radius 3 is 2.41 bits per heavy atom. The standard InChI is InChI=1S/C31H45N5O9S/c1-5-45-26(38)13-7-6-10-20(33-29(41)24-12-9-17-46-24)27(39)34-21(14-15-25(32)37)30(42)36-16-8-11-23(36)28(40)35-22(18-19(2)3)31(43)44-4/h7,9,12-13,17,19-23H,5-6,8,10-11,14-16,18H2,1-4H3,(H2,32,37)(H,33,41)(H,34,39)(H,35,40)/b13-7-/t20-,21?,22-,23-/m0/s1. The van der Waals surface area contributed by atoms with Gasteiger partial charge in [0.05, 0.1) is 18.6 Å². The van der Waals surface area contributed by atoms with Gasteiger partial charge in [0.25, 0.3) is 5.91 Å². The van der Waals surface area contributed by atoms with Gasteiger partial charge in [0.2, 0.25) is 23.6 Å². The highest BCUT2D eigenvalue weighted by molar-refractivity contribution is 7.12. The normalized spacial score (nSPS) is 16.4. The number of primary amides is 1. The Morgan fingerprint density at radius 1 is 1.07 bits per heavy atom. The second-order valence-corrected chi connectivity index (χ2v) is 12.2. The van der Waals surface area contributed by atoms with Crippen LogP contribution in [0.15, 0.2) is 29.7 Å². The van der Waals surface area contributed by atoms with Crippen LogP contribution in [0.3, 0.4) is 0 Å². The maximum Gasteiger partial charge on any atom is 0.330 e. The lowest BCUT2D eigenvalue weighted by atomic mass is 10.0. The minimum atomic E-state index is -1.24. The highest BCUT2D eigenvalue weighted by atomic mass is 32.1. The van der Waals surface area contributed by atoms with Gasteiger partial charge in [-0.2, -0.15) is 0 Å². The summed E-state index contributed by atoms with van der Waals surface area (Å²) in [4.78, 5) is 90.9. The highest BCUT2D eigenvalue weighted by Gasteiger charge is 2.39. The Hall–Kier alpha value is -4.27. The third-order valence-electron chi connectivity index (χ3n) is 7.17. The fourth-order valence-corrected chi connectivity index (χ4v) is 5.58. The number of ether oxygens (including phenoxy) is 2. The molecular formula is C31H45N5O9S. The maximum absolute atomic E-state index is 13.8. The summed E-state index contributed by atoms with van der Waals surface area (Å²) in [7, 11) is 1.23. The molecule has 5 N–H and O–H groups in total. The number of thiophene rings is 1. The van der Waals surface area contributed by atoms with Crippen LogP contribution >= 0.6 is 11.3 Å². The molecule has 1 unspecified atom stereocenters. The van der Waals surface area contributed by atoms with E-state index in [4.69, 9.17) is 15.2 Å². The number of hydrogen-bond donors (Lipinski definition) is 4. The molecule has 4 atom stereocenters. The van der Waals surface area contributed by atoms with E-state index in [2.05, 4.69) is 16.0 Å². The molecule has 46 heavy (non-hydrogen) atoms. The molecule has 0 radical (unpaired) electrons. The highest BCUT2D eigenvalue weighted by Crippen LogP contribution is 2.21. The summed E-state index contributed by atoms with van der Waals surface area (Å²) in [5, 5.41) is 9.74. The van der Waals surface area contributed by atoms with Gasteiger partial charge in [-0.3, -0.25) is 24.0 Å². The maximum atomic E-state index is 13.8. The Labute approximate surface area is 272 Å². The minimum absolute atomic E-state index is 0.0769. The van der Waals surface area contributed by atoms with Crippen molar-refractivity contribution in [3.05, 3.63) is 34.5 Å². The molecule has 1 saturated heterocycles. The molecule has 1 aliphatic rings. The third kappa shape index (κ3) is 12.3. The van der Waals surface area contributed by atoms with Crippen LogP contribution in [0.25, 0.3) is 0 Å². The minimum Gasteiger partial charge on any atom is -0.467 e. The predicted molar refractivity (Wildman–Crippen MR) is 169 cm³/mol. The molecule has 0 aromatic carbocycles. The lowest BCUT2D eigenvalue weighted by molar-refractivity contribution is -0.147. The van der Waals surface area contributed by atoms with E-state index in [9.17, 15) is 33.6 Å². The number of nitrogens with zero attached hydrogens (tertiary/aromatic N) is 1. The summed E-state index contributed by atoms with van der Waals surface area (Å²) in [6.07, 6.45) is 3.83. The number of rotatable bonds is 18. The monoisotopic (exact) mass is 663 g/mol. The molecule has 0 aliphatic carbocycles. The topological polar surface area (TPSA) is 203 Å². The quantitative estimate of drug-likeness (QED) is 0.131. The van der Waals surface area contributed by atoms with Crippen molar-refractivity contribution in [2.45, 2.75) is 89.9 Å². The summed E-state index contributed by atoms with van der Waals surface area (Å²) in [5.41, 5.74) is 5.36. The number of carbonyl (C=O) groups is 7. The number of likely N-dealkylation sites (tertiary alicyclic amines) is 1. The third-order valence-corrected chi connectivity index (χ3v) is 8.04. The fourth-order valence-electron chi connectivity index (χ4n) is 4.95. The number of methoxy groups -OCH3 is 1. The first kappa shape index (κ1) is 37.9. The Bertz CT molecular complexity index is 1250. The van der Waals surface area contributed by atoms with Gasteiger partial charge >= 0.3 is 11.9 Å². The zero-order valence-corrected chi connectivity index (χ0v) is 27.6. The molecule has 0 spiro atoms. The van der Waals surface area contributed by atoms with Crippen molar-refractivity contribution in [1.82, 2.24) is 20.9 Å². The molecule has 0 bridgehead atoms. The van der Waals surface area contributed by atoms with Crippen molar-refractivity contribution in [2.24, 2.45) is 11.7 Å². The molecule has 1 aromatic rings. The smallest absolute Gasteiger partial charge is 0.330 e. The zero-order valence-electron chi connectivity index (χ0n) is 26.7. The molecule has 1 aliphatic heterocycles. The molecular weight excluding hydrogens is 618 g/mol. The van der Waals surface area contributed by atoms with Crippen LogP contribution in [0.1, 0.15) is 75.4 Å². The summed E-state index contributed by atoms with van der Waals surface area (Å²) in [6.45, 7) is 5.88. The molecule has 15 heteroatoms. The van der Waals surface area contributed by atoms with E-state index >= 15 is 0 Å². The average molecular weight is 664 g/mol. The number of carbonyl (C=O) groups excluding carboxylic acids is 7. The Kier molecular flexibility index (Phi) is 15.9. The van der Waals surface area contributed by atoms with Gasteiger partial charge in [-0.05, 0) is 62.8 Å². The predicted octanol–water partition coefficient (Wildman–Crippen LogP) is 1.19. The van der Waals surface area contributed by atoms with Gasteiger partial charge < -0.3 is 36.1 Å². The molecule has 2 heterocycles. The second-order valence-electron chi connectivity index (χ2n) is 11.2. The van der Waals surface area contributed by atoms with Gasteiger partial charge in [0.1, 0.15) is 24.2 Å². The molecule has 254 valence electrons. The number of amides is 5. The van der Waals surface area contributed by atoms with Crippen LogP contribution in [0.4, 0.5) is 0 Å². The van der Waals surface area contributed by atoms with Crippen LogP contribution in [0.2, 0.25) is 0 Å². The molecule has 1 aromatic heterocycles. The zero-order chi connectivity index (χ0) is 34.2. The van der Waals surface area contributed by atoms with Crippen molar-refractivity contribution >= 4 is 52.8 Å². The van der Waals surface area contributed by atoms with Gasteiger partial charge in [-0.1, -0.05) is 26.0 Å². The van der Waals surface area contributed by atoms with Crippen molar-refractivity contribution in [1.29, 1.82) is 0 Å². The number of nitrogens with two attached hydrogens (primary N) is 1. The largest absolute Gasteiger partial charge is 0.467 e. The number of allylic oxidation sites excluding steroid dienone is 1. The van der Waals surface area contributed by atoms with Crippen LogP contribution in [-0.2, 0) is 38.2 Å². The van der Waals surface area contributed by atoms with E-state index in [1.807, 2.05) is 13.8 Å². The lowest BCUT2D eigenvalue weighted by Crippen LogP contribution is -2.57. The van der Waals surface area contributed by atoms with Crippen LogP contribution in [-0.4, -0.2) is 90.8 Å². The molecule has 5 amide bonds. The molecule has 0 saturated carbocycles. The van der Waals surface area contributed by atoms with E-state index in [1.165, 1.54) is 35.5 Å². The summed E-state index contributed by atoms with van der Waals surface area (Å²) in [6, 6.07) is -0.877. The average Bonchev–Trinajstić information content (AvgIpc) is 3.72. The first-order valence-corrected chi connectivity index (χ1v) is 16.2. The Morgan fingerprint density at radius 2 is 1.80 bits per heavy atom. The lowest BCUT2D eigenvalue weighted by Gasteiger charge is -2.30. The van der Waals surface area contributed by atoms with E-state index in [-0.39, 0.29) is 44.8 Å². The number of esters is 2. The van der Waals surface area contributed by atoms with Crippen molar-refractivity contribution in [2.75, 3.05) is 20.3 Å². The number of hydrogen-bond acceptors (Lipinski definition) is 10. The summed E-state index contributed by atoms with van der Waals surface area (Å²) >= 11 is 1.18. The Balaban J connectivity index is 2.25. The van der Waals surface area contributed by atoms with Gasteiger partial charge in [0.15, 0.2) is 0 Å². The van der Waals surface area contributed by atoms with Gasteiger partial charge in [-0.15, -0.1) is 11.3 Å². The van der Waals surface area contributed by atoms with E-state index < -0.39 is 65.6 Å². The SMILES string of the molecule is CCOC(=O)/C=C\CC[C@H](NC(=O)c1cccs1)C(=O)NC(CCC(N)=O)C(=O)N1CCC[C@H]1C(=O)N[C@@H](CC(C)C)C(=O)OC. The van der Waals surface area contributed by atoms with Crippen molar-refractivity contribution in [3.63, 3.8) is 0 Å². The van der Waals surface area contributed by atoms with Gasteiger partial charge in [-0.25, -0.2) is 9.59 Å². The first-order chi connectivity index (χ1) is 21.9. The van der Waals surface area contributed by atoms with E-state index in [0.717, 1.165) is 0 Å². The van der Waals surface area contributed by atoms with E-state index in [1.54, 1.807) is 24.4 Å². The summed E-state index contributed by atoms with van der Waals surface area (Å²) in [5.74, 6) is -4.08. The van der Waals surface area contributed by atoms with Crippen LogP contribution in [0, 0.1) is 5.92 Å². The van der Waals surface area contributed by atoms with Crippen molar-refractivity contribution in [3.8, 4) is 0 Å². The van der Waals surface area contributed by atoms with Crippen LogP contribution in [0.5, 0.6) is 0 Å². The van der Waals surface area contributed by atoms with Gasteiger partial charge in [0, 0.05) is 19.0 Å². The fraction of sp³-hybridized carbons (Fsp3) is 0.581. The second kappa shape index (κ2) is 19.3. The van der Waals surface area contributed by atoms with Crippen LogP contribution < -0.4 is 21.7 Å². The molecule has 1 fully saturated rings.